The molecule has 0 aliphatic heterocycles. The van der Waals surface area contributed by atoms with Crippen LogP contribution in [-0.4, -0.2) is 27.0 Å². The molecule has 0 atom stereocenters. The Morgan fingerprint density at radius 3 is 2.25 bits per heavy atom. The molecule has 0 saturated carbocycles. The Kier molecular flexibility index (Phi) is 4.50. The van der Waals surface area contributed by atoms with Gasteiger partial charge in [0.1, 0.15) is 0 Å². The lowest BCUT2D eigenvalue weighted by Crippen LogP contribution is -2.50. The summed E-state index contributed by atoms with van der Waals surface area (Å²) in [5.74, 6) is -1.42. The lowest BCUT2D eigenvalue weighted by Gasteiger charge is -2.25. The summed E-state index contributed by atoms with van der Waals surface area (Å²) < 4.78 is 39.8. The fourth-order valence-electron chi connectivity index (χ4n) is 2.22. The van der Waals surface area contributed by atoms with Crippen LogP contribution >= 0.6 is 0 Å². The summed E-state index contributed by atoms with van der Waals surface area (Å²) >= 11 is 0. The molecule has 0 aliphatic rings. The number of carbonyl (C=O) groups is 2. The zero-order valence-corrected chi connectivity index (χ0v) is 13.3. The maximum Gasteiger partial charge on any atom is 0.435 e. The minimum Gasteiger partial charge on any atom is -0.340 e. The number of amides is 1. The van der Waals surface area contributed by atoms with Crippen molar-refractivity contribution < 1.29 is 22.8 Å². The maximum absolute atomic E-state index is 13.0. The first-order chi connectivity index (χ1) is 11.0. The summed E-state index contributed by atoms with van der Waals surface area (Å²) in [7, 11) is 1.28. The minimum atomic E-state index is -4.76. The summed E-state index contributed by atoms with van der Waals surface area (Å²) in [5.41, 5.74) is -2.94. The second kappa shape index (κ2) is 6.10. The third-order valence-electron chi connectivity index (χ3n) is 3.37. The van der Waals surface area contributed by atoms with E-state index in [0.29, 0.717) is 5.56 Å². The number of hydrogen-bond acceptors (Lipinski definition) is 3. The van der Waals surface area contributed by atoms with Gasteiger partial charge in [0, 0.05) is 18.8 Å². The van der Waals surface area contributed by atoms with E-state index in [1.807, 2.05) is 0 Å². The minimum absolute atomic E-state index is 0.352. The van der Waals surface area contributed by atoms with E-state index in [4.69, 9.17) is 0 Å². The van der Waals surface area contributed by atoms with Crippen molar-refractivity contribution in [3.05, 3.63) is 53.3 Å². The Hall–Kier alpha value is -2.64. The van der Waals surface area contributed by atoms with Gasteiger partial charge in [-0.1, -0.05) is 30.3 Å². The van der Waals surface area contributed by atoms with Crippen molar-refractivity contribution in [2.45, 2.75) is 25.6 Å². The van der Waals surface area contributed by atoms with Crippen molar-refractivity contribution in [2.24, 2.45) is 7.05 Å². The van der Waals surface area contributed by atoms with E-state index in [1.54, 1.807) is 30.3 Å². The van der Waals surface area contributed by atoms with Gasteiger partial charge in [0.25, 0.3) is 5.91 Å². The number of Topliss-reactive ketones (excluding diaryl/α,β-unsaturated/α-hetero) is 1. The molecule has 1 heterocycles. The van der Waals surface area contributed by atoms with E-state index in [1.165, 1.54) is 20.9 Å². The molecule has 8 heteroatoms. The van der Waals surface area contributed by atoms with Crippen LogP contribution in [0.4, 0.5) is 13.2 Å². The molecule has 0 radical (unpaired) electrons. The molecule has 5 nitrogen and oxygen atoms in total. The molecule has 2 rings (SSSR count). The normalized spacial score (nSPS) is 12.1. The van der Waals surface area contributed by atoms with Crippen LogP contribution in [0.3, 0.4) is 0 Å². The van der Waals surface area contributed by atoms with Crippen LogP contribution in [-0.2, 0) is 13.2 Å². The van der Waals surface area contributed by atoms with Crippen LogP contribution in [0.1, 0.15) is 40.3 Å². The third-order valence-corrected chi connectivity index (χ3v) is 3.37. The highest BCUT2D eigenvalue weighted by Gasteiger charge is 2.40. The SMILES string of the molecule is Cn1cc(C(=O)NC(C)(C)C(=O)c2ccccc2)c(C(F)(F)F)n1. The number of carbonyl (C=O) groups excluding carboxylic acids is 2. The number of benzene rings is 1. The molecule has 0 saturated heterocycles. The first kappa shape index (κ1) is 17.7. The van der Waals surface area contributed by atoms with E-state index in [2.05, 4.69) is 10.4 Å². The predicted octanol–water partition coefficient (Wildman–Crippen LogP) is 2.83. The maximum atomic E-state index is 13.0. The Labute approximate surface area is 136 Å². The van der Waals surface area contributed by atoms with Gasteiger partial charge in [-0.15, -0.1) is 0 Å². The molecule has 0 fully saturated rings. The summed E-state index contributed by atoms with van der Waals surface area (Å²) in [6.45, 7) is 2.87. The highest BCUT2D eigenvalue weighted by molar-refractivity contribution is 6.06. The van der Waals surface area contributed by atoms with E-state index >= 15 is 0 Å². The van der Waals surface area contributed by atoms with Crippen LogP contribution in [0.2, 0.25) is 0 Å². The number of nitrogens with one attached hydrogen (secondary N) is 1. The molecular weight excluding hydrogens is 323 g/mol. The van der Waals surface area contributed by atoms with Gasteiger partial charge in [0.2, 0.25) is 0 Å². The number of rotatable bonds is 4. The smallest absolute Gasteiger partial charge is 0.340 e. The first-order valence-electron chi connectivity index (χ1n) is 7.05. The largest absolute Gasteiger partial charge is 0.435 e. The van der Waals surface area contributed by atoms with E-state index < -0.39 is 34.7 Å². The molecule has 24 heavy (non-hydrogen) atoms. The highest BCUT2D eigenvalue weighted by atomic mass is 19.4. The van der Waals surface area contributed by atoms with Gasteiger partial charge < -0.3 is 5.32 Å². The van der Waals surface area contributed by atoms with Crippen LogP contribution < -0.4 is 5.32 Å². The molecule has 1 aromatic heterocycles. The van der Waals surface area contributed by atoms with Crippen LogP contribution in [0.25, 0.3) is 0 Å². The Balaban J connectivity index is 2.28. The second-order valence-corrected chi connectivity index (χ2v) is 5.84. The van der Waals surface area contributed by atoms with Gasteiger partial charge in [0.15, 0.2) is 11.5 Å². The molecule has 1 amide bonds. The molecule has 1 aromatic carbocycles. The van der Waals surface area contributed by atoms with Gasteiger partial charge in [-0.25, -0.2) is 0 Å². The Morgan fingerprint density at radius 1 is 1.12 bits per heavy atom. The van der Waals surface area contributed by atoms with Gasteiger partial charge in [0.05, 0.1) is 11.1 Å². The number of aromatic nitrogens is 2. The predicted molar refractivity (Wildman–Crippen MR) is 80.5 cm³/mol. The van der Waals surface area contributed by atoms with Crippen molar-refractivity contribution >= 4 is 11.7 Å². The lowest BCUT2D eigenvalue weighted by molar-refractivity contribution is -0.141. The standard InChI is InChI=1S/C16H16F3N3O2/c1-15(2,13(23)10-7-5-4-6-8-10)20-14(24)11-9-22(3)21-12(11)16(17,18)19/h4-9H,1-3H3,(H,20,24). The molecule has 128 valence electrons. The fourth-order valence-corrected chi connectivity index (χ4v) is 2.22. The second-order valence-electron chi connectivity index (χ2n) is 5.84. The van der Waals surface area contributed by atoms with Crippen molar-refractivity contribution in [3.63, 3.8) is 0 Å². The molecule has 0 bridgehead atoms. The summed E-state index contributed by atoms with van der Waals surface area (Å²) in [5, 5.41) is 5.64. The average Bonchev–Trinajstić information content (AvgIpc) is 2.89. The average molecular weight is 339 g/mol. The number of alkyl halides is 3. The van der Waals surface area contributed by atoms with E-state index in [0.717, 1.165) is 10.9 Å². The van der Waals surface area contributed by atoms with E-state index in [9.17, 15) is 22.8 Å². The monoisotopic (exact) mass is 339 g/mol. The van der Waals surface area contributed by atoms with Crippen molar-refractivity contribution in [1.82, 2.24) is 15.1 Å². The van der Waals surface area contributed by atoms with Crippen molar-refractivity contribution in [1.29, 1.82) is 0 Å². The first-order valence-corrected chi connectivity index (χ1v) is 7.05. The molecule has 0 aliphatic carbocycles. The number of ketones is 1. The van der Waals surface area contributed by atoms with Crippen molar-refractivity contribution in [3.8, 4) is 0 Å². The zero-order chi connectivity index (χ0) is 18.1. The number of hydrogen-bond donors (Lipinski definition) is 1. The van der Waals surface area contributed by atoms with Gasteiger partial charge in [-0.05, 0) is 13.8 Å². The number of aryl methyl sites for hydroxylation is 1. The Morgan fingerprint density at radius 2 is 1.71 bits per heavy atom. The number of nitrogens with zero attached hydrogens (tertiary/aromatic N) is 2. The highest BCUT2D eigenvalue weighted by Crippen LogP contribution is 2.30. The van der Waals surface area contributed by atoms with Crippen LogP contribution in [0.5, 0.6) is 0 Å². The lowest BCUT2D eigenvalue weighted by atomic mass is 9.93. The van der Waals surface area contributed by atoms with Crippen molar-refractivity contribution in [2.75, 3.05) is 0 Å². The summed E-state index contributed by atoms with van der Waals surface area (Å²) in [6, 6.07) is 8.19. The third kappa shape index (κ3) is 3.64. The molecule has 0 unspecified atom stereocenters. The summed E-state index contributed by atoms with van der Waals surface area (Å²) in [4.78, 5) is 24.7. The molecule has 0 spiro atoms. The topological polar surface area (TPSA) is 64.0 Å². The van der Waals surface area contributed by atoms with Gasteiger partial charge in [-0.3, -0.25) is 14.3 Å². The quantitative estimate of drug-likeness (QED) is 0.871. The number of halogens is 3. The Bertz CT molecular complexity index is 765. The van der Waals surface area contributed by atoms with Gasteiger partial charge in [-0.2, -0.15) is 18.3 Å². The fraction of sp³-hybridized carbons (Fsp3) is 0.312. The zero-order valence-electron chi connectivity index (χ0n) is 13.3. The van der Waals surface area contributed by atoms with Gasteiger partial charge >= 0.3 is 6.18 Å². The van der Waals surface area contributed by atoms with Crippen LogP contribution in [0.15, 0.2) is 36.5 Å². The molecule has 2 aromatic rings. The van der Waals surface area contributed by atoms with E-state index in [-0.39, 0.29) is 0 Å². The molecular formula is C16H16F3N3O2. The molecule has 1 N–H and O–H groups in total. The summed E-state index contributed by atoms with van der Waals surface area (Å²) in [6.07, 6.45) is -3.79. The van der Waals surface area contributed by atoms with Crippen LogP contribution in [0, 0.1) is 0 Å².